The van der Waals surface area contributed by atoms with Gasteiger partial charge in [0.1, 0.15) is 32.4 Å². The van der Waals surface area contributed by atoms with E-state index in [-0.39, 0.29) is 16.8 Å². The molecule has 4 aromatic rings. The number of nitrogen functional groups attached to an aromatic ring is 1. The van der Waals surface area contributed by atoms with E-state index < -0.39 is 96.7 Å². The molecule has 0 bridgehead atoms. The van der Waals surface area contributed by atoms with Crippen LogP contribution >= 0.6 is 0 Å². The molecule has 4 aromatic carbocycles. The number of carbonyl (C=O) groups is 1. The molecule has 47 heavy (non-hydrogen) atoms. The Labute approximate surface area is 262 Å². The molecule has 0 saturated heterocycles. The Kier molecular flexibility index (Phi) is 10.3. The van der Waals surface area contributed by atoms with Gasteiger partial charge in [0.25, 0.3) is 25.9 Å². The molecule has 0 saturated carbocycles. The van der Waals surface area contributed by atoms with Crippen LogP contribution in [0.5, 0.6) is 11.5 Å². The number of azo groups is 2. The quantitative estimate of drug-likeness (QED) is 0.0497. The standard InChI is InChI=1S/C23H16N6O12S2.O3S/c24-11-2-6-17(42(36,37)38)15(8-11)27-26-14-4-1-10-7-18(43(39,40)41)20(22(31)19(10)21(14)30)28-25-12-3-5-16(29(34)35)13(9-12)23(32)33;1-4(2)3/h1-9,30-31H,24H2,(H,32,33)(H,36,37,38)(H,39,40,41);. The first-order valence-electron chi connectivity index (χ1n) is 11.7. The second kappa shape index (κ2) is 13.6. The molecule has 0 radical (unpaired) electrons. The Morgan fingerprint density at radius 2 is 1.38 bits per heavy atom. The van der Waals surface area contributed by atoms with E-state index in [4.69, 9.17) is 18.4 Å². The zero-order valence-corrected chi connectivity index (χ0v) is 25.0. The van der Waals surface area contributed by atoms with Crippen molar-refractivity contribution in [1.82, 2.24) is 0 Å². The molecule has 4 rings (SSSR count). The molecular weight excluding hydrogens is 696 g/mol. The lowest BCUT2D eigenvalue weighted by atomic mass is 10.1. The second-order valence-corrected chi connectivity index (χ2v) is 11.8. The number of carboxylic acids is 1. The number of hydrogen-bond donors (Lipinski definition) is 6. The lowest BCUT2D eigenvalue weighted by molar-refractivity contribution is -0.385. The molecule has 7 N–H and O–H groups in total. The van der Waals surface area contributed by atoms with Gasteiger partial charge >= 0.3 is 16.6 Å². The number of nitro benzene ring substituents is 1. The topological polar surface area (TPSA) is 356 Å². The predicted molar refractivity (Wildman–Crippen MR) is 156 cm³/mol. The number of nitro groups is 1. The van der Waals surface area contributed by atoms with Gasteiger partial charge in [-0.25, -0.2) is 4.79 Å². The van der Waals surface area contributed by atoms with Gasteiger partial charge in [0.05, 0.1) is 16.0 Å². The number of fused-ring (bicyclic) bond motifs is 1. The van der Waals surface area contributed by atoms with Crippen molar-refractivity contribution in [3.63, 3.8) is 0 Å². The maximum Gasteiger partial charge on any atom is 0.425 e. The Morgan fingerprint density at radius 1 is 0.787 bits per heavy atom. The van der Waals surface area contributed by atoms with Gasteiger partial charge in [0, 0.05) is 11.8 Å². The van der Waals surface area contributed by atoms with E-state index >= 15 is 0 Å². The number of carboxylic acid groups (broad SMARTS) is 1. The third-order valence-corrected chi connectivity index (χ3v) is 7.41. The Bertz CT molecular complexity index is 2360. The molecular formula is C23H16N6O15S3. The number of rotatable bonds is 8. The van der Waals surface area contributed by atoms with Crippen LogP contribution in [-0.2, 0) is 30.8 Å². The Hall–Kier alpha value is -5.95. The number of aromatic carboxylic acids is 1. The molecule has 246 valence electrons. The van der Waals surface area contributed by atoms with E-state index in [9.17, 15) is 56.2 Å². The van der Waals surface area contributed by atoms with Crippen LogP contribution in [0, 0.1) is 10.1 Å². The van der Waals surface area contributed by atoms with Crippen molar-refractivity contribution in [2.75, 3.05) is 5.73 Å². The van der Waals surface area contributed by atoms with E-state index in [1.54, 1.807) is 0 Å². The second-order valence-electron chi connectivity index (χ2n) is 8.65. The van der Waals surface area contributed by atoms with Crippen molar-refractivity contribution < 1.29 is 63.6 Å². The van der Waals surface area contributed by atoms with Crippen LogP contribution in [0.4, 0.5) is 34.1 Å². The molecule has 0 aromatic heterocycles. The van der Waals surface area contributed by atoms with Crippen LogP contribution in [0.2, 0.25) is 0 Å². The van der Waals surface area contributed by atoms with Gasteiger partial charge in [0.2, 0.25) is 0 Å². The molecule has 0 aliphatic rings. The third-order valence-electron chi connectivity index (χ3n) is 5.65. The monoisotopic (exact) mass is 712 g/mol. The van der Waals surface area contributed by atoms with Crippen molar-refractivity contribution in [2.45, 2.75) is 9.79 Å². The van der Waals surface area contributed by atoms with E-state index in [0.29, 0.717) is 0 Å². The van der Waals surface area contributed by atoms with Crippen molar-refractivity contribution in [3.05, 3.63) is 70.3 Å². The fraction of sp³-hybridized carbons (Fsp3) is 0. The van der Waals surface area contributed by atoms with Gasteiger partial charge in [-0.1, -0.05) is 6.07 Å². The summed E-state index contributed by atoms with van der Waals surface area (Å²) in [6.45, 7) is 0. The molecule has 0 spiro atoms. The van der Waals surface area contributed by atoms with Gasteiger partial charge in [0.15, 0.2) is 11.5 Å². The molecule has 24 heteroatoms. The first kappa shape index (κ1) is 35.5. The summed E-state index contributed by atoms with van der Waals surface area (Å²) >= 11 is 0. The third kappa shape index (κ3) is 8.41. The average molecular weight is 713 g/mol. The normalized spacial score (nSPS) is 11.8. The smallest absolute Gasteiger partial charge is 0.425 e. The molecule has 0 atom stereocenters. The van der Waals surface area contributed by atoms with Crippen LogP contribution in [0.15, 0.2) is 84.8 Å². The fourth-order valence-electron chi connectivity index (χ4n) is 3.75. The number of phenols is 2. The molecule has 0 aliphatic heterocycles. The molecule has 0 amide bonds. The number of nitrogens with zero attached hydrogens (tertiary/aromatic N) is 5. The minimum atomic E-state index is -5.10. The highest BCUT2D eigenvalue weighted by Crippen LogP contribution is 2.48. The first-order valence-corrected chi connectivity index (χ1v) is 15.6. The molecule has 0 heterocycles. The number of anilines is 1. The number of hydrogen-bond acceptors (Lipinski definition) is 17. The van der Waals surface area contributed by atoms with Crippen molar-refractivity contribution >= 4 is 81.7 Å². The molecule has 21 nitrogen and oxygen atoms in total. The van der Waals surface area contributed by atoms with Crippen molar-refractivity contribution in [2.24, 2.45) is 20.5 Å². The molecule has 0 fully saturated rings. The summed E-state index contributed by atoms with van der Waals surface area (Å²) < 4.78 is 92.0. The zero-order valence-electron chi connectivity index (χ0n) is 22.6. The first-order chi connectivity index (χ1) is 21.7. The predicted octanol–water partition coefficient (Wildman–Crippen LogP) is 3.76. The summed E-state index contributed by atoms with van der Waals surface area (Å²) in [6, 6.07) is 8.79. The minimum Gasteiger partial charge on any atom is -0.505 e. The van der Waals surface area contributed by atoms with Gasteiger partial charge in [-0.15, -0.1) is 28.0 Å². The van der Waals surface area contributed by atoms with Crippen LogP contribution < -0.4 is 5.73 Å². The maximum atomic E-state index is 12.1. The summed E-state index contributed by atoms with van der Waals surface area (Å²) in [4.78, 5) is 19.9. The molecule has 0 aliphatic carbocycles. The number of nitrogens with two attached hydrogens (primary N) is 1. The summed E-state index contributed by atoms with van der Waals surface area (Å²) in [7, 11) is -13.0. The Balaban J connectivity index is 0.00000142. The van der Waals surface area contributed by atoms with Crippen LogP contribution in [0.1, 0.15) is 10.4 Å². The number of aromatic hydroxyl groups is 2. The lowest BCUT2D eigenvalue weighted by Crippen LogP contribution is -2.02. The van der Waals surface area contributed by atoms with E-state index in [2.05, 4.69) is 20.5 Å². The fourth-order valence-corrected chi connectivity index (χ4v) is 5.01. The summed E-state index contributed by atoms with van der Waals surface area (Å²) in [5.41, 5.74) is 2.10. The SMILES string of the molecule is Nc1ccc(S(=O)(=O)O)c(N=Nc2ccc3cc(S(=O)(=O)O)c(N=Nc4ccc([N+](=O)[O-])c(C(=O)O)c4)c(O)c3c2O)c1.O=S(=O)=O. The van der Waals surface area contributed by atoms with Crippen molar-refractivity contribution in [1.29, 1.82) is 0 Å². The van der Waals surface area contributed by atoms with Gasteiger partial charge in [-0.3, -0.25) is 19.2 Å². The summed E-state index contributed by atoms with van der Waals surface area (Å²) in [5, 5.41) is 56.1. The number of benzene rings is 4. The van der Waals surface area contributed by atoms with Gasteiger partial charge in [-0.2, -0.15) is 21.9 Å². The minimum absolute atomic E-state index is 0.0537. The van der Waals surface area contributed by atoms with Crippen molar-refractivity contribution in [3.8, 4) is 11.5 Å². The highest BCUT2D eigenvalue weighted by molar-refractivity contribution is 7.86. The van der Waals surface area contributed by atoms with Crippen LogP contribution in [-0.4, -0.2) is 64.8 Å². The Morgan fingerprint density at radius 3 is 1.94 bits per heavy atom. The van der Waals surface area contributed by atoms with Gasteiger partial charge in [-0.05, 0) is 47.9 Å². The highest BCUT2D eigenvalue weighted by atomic mass is 32.2. The van der Waals surface area contributed by atoms with E-state index in [1.807, 2.05) is 0 Å². The molecule has 0 unspecified atom stereocenters. The van der Waals surface area contributed by atoms with Crippen LogP contribution in [0.25, 0.3) is 10.8 Å². The summed E-state index contributed by atoms with van der Waals surface area (Å²) in [6.07, 6.45) is 0. The highest BCUT2D eigenvalue weighted by Gasteiger charge is 2.25. The van der Waals surface area contributed by atoms with E-state index in [0.717, 1.165) is 48.5 Å². The maximum absolute atomic E-state index is 12.1. The zero-order chi connectivity index (χ0) is 35.4. The van der Waals surface area contributed by atoms with Crippen LogP contribution in [0.3, 0.4) is 0 Å². The van der Waals surface area contributed by atoms with Gasteiger partial charge < -0.3 is 21.1 Å². The summed E-state index contributed by atoms with van der Waals surface area (Å²) in [5.74, 6) is -3.55. The largest absolute Gasteiger partial charge is 0.505 e. The van der Waals surface area contributed by atoms with E-state index in [1.165, 1.54) is 6.07 Å². The average Bonchev–Trinajstić information content (AvgIpc) is 2.94. The number of phenolic OH excluding ortho intramolecular Hbond substituents is 2. The lowest BCUT2D eigenvalue weighted by Gasteiger charge is -2.11.